The van der Waals surface area contributed by atoms with Crippen LogP contribution in [0.5, 0.6) is 0 Å². The van der Waals surface area contributed by atoms with Crippen LogP contribution >= 0.6 is 0 Å². The molecule has 11 aromatic rings. The number of anilines is 3. The molecule has 0 atom stereocenters. The van der Waals surface area contributed by atoms with Crippen LogP contribution in [0.1, 0.15) is 22.3 Å². The van der Waals surface area contributed by atoms with Crippen molar-refractivity contribution in [1.29, 1.82) is 0 Å². The molecule has 2 aromatic heterocycles. The maximum absolute atomic E-state index is 2.45. The van der Waals surface area contributed by atoms with Crippen molar-refractivity contribution in [2.75, 3.05) is 4.90 Å². The zero-order valence-corrected chi connectivity index (χ0v) is 33.5. The number of fused-ring (bicyclic) bond motifs is 7. The van der Waals surface area contributed by atoms with Gasteiger partial charge in [0, 0.05) is 34.2 Å². The third-order valence-electron chi connectivity index (χ3n) is 12.8. The molecule has 286 valence electrons. The van der Waals surface area contributed by atoms with Gasteiger partial charge in [-0.15, -0.1) is 0 Å². The molecule has 9 aromatic carbocycles. The first-order valence-electron chi connectivity index (χ1n) is 21.1. The summed E-state index contributed by atoms with van der Waals surface area (Å²) < 4.78 is 2.37. The lowest BCUT2D eigenvalue weighted by atomic mass is 9.67. The lowest BCUT2D eigenvalue weighted by molar-refractivity contribution is 0.768. The van der Waals surface area contributed by atoms with Crippen LogP contribution in [-0.2, 0) is 5.41 Å². The molecule has 2 heteroatoms. The first-order valence-corrected chi connectivity index (χ1v) is 21.1. The zero-order valence-electron chi connectivity index (χ0n) is 33.5. The Hall–Kier alpha value is -7.94. The smallest absolute Gasteiger partial charge is 0.0714 e. The molecule has 0 saturated carbocycles. The molecule has 61 heavy (non-hydrogen) atoms. The Morgan fingerprint density at radius 1 is 0.344 bits per heavy atom. The Morgan fingerprint density at radius 2 is 0.934 bits per heavy atom. The van der Waals surface area contributed by atoms with Crippen LogP contribution in [0.25, 0.3) is 60.6 Å². The predicted octanol–water partition coefficient (Wildman–Crippen LogP) is 15.4. The fourth-order valence-corrected chi connectivity index (χ4v) is 10.2. The molecule has 0 fully saturated rings. The Labute approximate surface area is 355 Å². The van der Waals surface area contributed by atoms with Crippen LogP contribution in [0, 0.1) is 0 Å². The average molecular weight is 777 g/mol. The molecule has 0 saturated heterocycles. The van der Waals surface area contributed by atoms with Crippen molar-refractivity contribution in [3.8, 4) is 33.4 Å². The second-order valence-corrected chi connectivity index (χ2v) is 16.1. The number of rotatable bonds is 7. The highest BCUT2D eigenvalue weighted by Gasteiger charge is 2.46. The number of para-hydroxylation sites is 2. The number of aromatic nitrogens is 1. The summed E-state index contributed by atoms with van der Waals surface area (Å²) in [5, 5.41) is 3.68. The van der Waals surface area contributed by atoms with Crippen LogP contribution in [-0.4, -0.2) is 4.40 Å². The summed E-state index contributed by atoms with van der Waals surface area (Å²) in [4.78, 5) is 2.41. The maximum Gasteiger partial charge on any atom is 0.0714 e. The van der Waals surface area contributed by atoms with Crippen molar-refractivity contribution in [2.45, 2.75) is 5.41 Å². The second kappa shape index (κ2) is 14.1. The monoisotopic (exact) mass is 776 g/mol. The highest BCUT2D eigenvalue weighted by Crippen LogP contribution is 2.57. The number of benzene rings is 9. The van der Waals surface area contributed by atoms with Crippen LogP contribution in [0.3, 0.4) is 0 Å². The van der Waals surface area contributed by atoms with E-state index < -0.39 is 5.41 Å². The summed E-state index contributed by atoms with van der Waals surface area (Å²) in [6.45, 7) is 0. The van der Waals surface area contributed by atoms with E-state index in [1.54, 1.807) is 0 Å². The normalized spacial score (nSPS) is 12.7. The Morgan fingerprint density at radius 3 is 1.70 bits per heavy atom. The van der Waals surface area contributed by atoms with E-state index in [-0.39, 0.29) is 0 Å². The van der Waals surface area contributed by atoms with E-state index in [0.717, 1.165) is 17.1 Å². The molecule has 2 nitrogen and oxygen atoms in total. The van der Waals surface area contributed by atoms with E-state index in [4.69, 9.17) is 0 Å². The zero-order chi connectivity index (χ0) is 40.3. The fourth-order valence-electron chi connectivity index (χ4n) is 10.2. The van der Waals surface area contributed by atoms with Gasteiger partial charge in [-0.05, 0) is 115 Å². The summed E-state index contributed by atoms with van der Waals surface area (Å²) in [6.07, 6.45) is 2.32. The highest BCUT2D eigenvalue weighted by molar-refractivity contribution is 6.08. The average Bonchev–Trinajstić information content (AvgIpc) is 3.82. The minimum absolute atomic E-state index is 0.488. The van der Waals surface area contributed by atoms with Gasteiger partial charge >= 0.3 is 0 Å². The van der Waals surface area contributed by atoms with Crippen LogP contribution in [0.4, 0.5) is 17.1 Å². The van der Waals surface area contributed by atoms with Crippen molar-refractivity contribution in [3.63, 3.8) is 0 Å². The Bertz CT molecular complexity index is 3360. The lowest BCUT2D eigenvalue weighted by Gasteiger charge is -2.35. The standard InChI is InChI=1S/C59H40N2/c1-5-18-41(19-6-1)58-53-29-14-16-31-56(53)60-40-45-36-43(32-33-44(45)38-57(58)60)42-20-17-27-49(37-42)61(48-25-11-4-12-26-48)50-34-35-52-51-28-13-15-30-54(51)59(55(52)39-50,46-21-7-2-8-22-46)47-23-9-3-10-24-47/h1-40H. The second-order valence-electron chi connectivity index (χ2n) is 16.1. The van der Waals surface area contributed by atoms with Gasteiger partial charge in [-0.25, -0.2) is 0 Å². The topological polar surface area (TPSA) is 7.65 Å². The van der Waals surface area contributed by atoms with Gasteiger partial charge in [0.25, 0.3) is 0 Å². The summed E-state index contributed by atoms with van der Waals surface area (Å²) >= 11 is 0. The quantitative estimate of drug-likeness (QED) is 0.156. The van der Waals surface area contributed by atoms with Gasteiger partial charge in [0.2, 0.25) is 0 Å². The summed E-state index contributed by atoms with van der Waals surface area (Å²) in [7, 11) is 0. The largest absolute Gasteiger partial charge is 0.315 e. The van der Waals surface area contributed by atoms with Crippen molar-refractivity contribution in [3.05, 3.63) is 265 Å². The van der Waals surface area contributed by atoms with Gasteiger partial charge in [0.05, 0.1) is 16.4 Å². The molecule has 0 aliphatic heterocycles. The molecule has 0 unspecified atom stereocenters. The minimum atomic E-state index is -0.488. The maximum atomic E-state index is 2.45. The fraction of sp³-hybridized carbons (Fsp3) is 0.0169. The molecule has 12 rings (SSSR count). The highest BCUT2D eigenvalue weighted by atomic mass is 15.1. The molecule has 0 bridgehead atoms. The third-order valence-corrected chi connectivity index (χ3v) is 12.8. The molecular formula is C59H40N2. The van der Waals surface area contributed by atoms with Crippen LogP contribution in [0.15, 0.2) is 243 Å². The predicted molar refractivity (Wildman–Crippen MR) is 255 cm³/mol. The lowest BCUT2D eigenvalue weighted by Crippen LogP contribution is -2.28. The van der Waals surface area contributed by atoms with Crippen molar-refractivity contribution in [1.82, 2.24) is 4.40 Å². The van der Waals surface area contributed by atoms with Gasteiger partial charge < -0.3 is 9.30 Å². The molecule has 1 aliphatic rings. The van der Waals surface area contributed by atoms with E-state index in [9.17, 15) is 0 Å². The Balaban J connectivity index is 1.02. The van der Waals surface area contributed by atoms with Gasteiger partial charge in [-0.1, -0.05) is 182 Å². The van der Waals surface area contributed by atoms with Crippen molar-refractivity contribution >= 4 is 44.3 Å². The number of hydrogen-bond donors (Lipinski definition) is 0. The van der Waals surface area contributed by atoms with Crippen molar-refractivity contribution in [2.24, 2.45) is 0 Å². The molecule has 1 aliphatic carbocycles. The van der Waals surface area contributed by atoms with E-state index in [2.05, 4.69) is 252 Å². The third kappa shape index (κ3) is 5.50. The molecule has 0 amide bonds. The van der Waals surface area contributed by atoms with Crippen LogP contribution in [0.2, 0.25) is 0 Å². The van der Waals surface area contributed by atoms with Crippen molar-refractivity contribution < 1.29 is 0 Å². The SMILES string of the molecule is c1ccc(-c2c3ccccc3n3cc4cc(-c5cccc(N(c6ccccc6)c6ccc7c(c6)C(c6ccccc6)(c6ccccc6)c6ccccc6-7)c5)ccc4cc23)cc1. The summed E-state index contributed by atoms with van der Waals surface area (Å²) in [6, 6.07) is 86.7. The van der Waals surface area contributed by atoms with E-state index in [1.165, 1.54) is 82.8 Å². The van der Waals surface area contributed by atoms with Gasteiger partial charge in [-0.2, -0.15) is 0 Å². The molecule has 2 heterocycles. The molecular weight excluding hydrogens is 737 g/mol. The summed E-state index contributed by atoms with van der Waals surface area (Å²) in [5.74, 6) is 0. The number of pyridine rings is 1. The van der Waals surface area contributed by atoms with Gasteiger partial charge in [0.15, 0.2) is 0 Å². The van der Waals surface area contributed by atoms with Gasteiger partial charge in [0.1, 0.15) is 0 Å². The Kier molecular flexibility index (Phi) is 8.11. The summed E-state index contributed by atoms with van der Waals surface area (Å²) in [5.41, 5.74) is 17.8. The first kappa shape index (κ1) is 35.0. The van der Waals surface area contributed by atoms with Gasteiger partial charge in [-0.3, -0.25) is 0 Å². The molecule has 0 spiro atoms. The molecule has 0 radical (unpaired) electrons. The van der Waals surface area contributed by atoms with E-state index in [1.807, 2.05) is 0 Å². The number of hydrogen-bond acceptors (Lipinski definition) is 1. The van der Waals surface area contributed by atoms with E-state index in [0.29, 0.717) is 0 Å². The first-order chi connectivity index (χ1) is 30.3. The van der Waals surface area contributed by atoms with Crippen LogP contribution < -0.4 is 4.90 Å². The van der Waals surface area contributed by atoms with E-state index >= 15 is 0 Å². The molecule has 0 N–H and O–H groups in total. The number of nitrogens with zero attached hydrogens (tertiary/aromatic N) is 2. The minimum Gasteiger partial charge on any atom is -0.315 e.